The molecule has 1 heterocycles. The van der Waals surface area contributed by atoms with Gasteiger partial charge in [0.25, 0.3) is 5.91 Å². The smallest absolute Gasteiger partial charge is 0.344 e. The van der Waals surface area contributed by atoms with Crippen LogP contribution in [-0.2, 0) is 4.79 Å². The number of benzene rings is 2. The average molecular weight is 401 g/mol. The van der Waals surface area contributed by atoms with Crippen molar-refractivity contribution in [2.24, 2.45) is 0 Å². The van der Waals surface area contributed by atoms with Crippen molar-refractivity contribution in [3.05, 3.63) is 52.4 Å². The maximum absolute atomic E-state index is 12.3. The lowest BCUT2D eigenvalue weighted by Gasteiger charge is -2.16. The molecule has 1 atom stereocenters. The van der Waals surface area contributed by atoms with E-state index < -0.39 is 5.63 Å². The van der Waals surface area contributed by atoms with Crippen LogP contribution in [0.3, 0.4) is 0 Å². The Hall–Kier alpha value is -2.51. The number of aliphatic hydroxyl groups is 1. The van der Waals surface area contributed by atoms with Crippen molar-refractivity contribution in [1.29, 1.82) is 0 Å². The number of hydrogen-bond donors (Lipinski definition) is 2. The van der Waals surface area contributed by atoms with Crippen LogP contribution in [-0.4, -0.2) is 42.3 Å². The summed E-state index contributed by atoms with van der Waals surface area (Å²) in [5, 5.41) is 14.3. The van der Waals surface area contributed by atoms with Crippen molar-refractivity contribution in [1.82, 2.24) is 5.32 Å². The molecule has 3 aromatic rings. The molecule has 7 heteroatoms. The molecule has 0 aliphatic carbocycles. The van der Waals surface area contributed by atoms with Crippen LogP contribution >= 0.6 is 11.8 Å². The van der Waals surface area contributed by atoms with Gasteiger partial charge in [-0.05, 0) is 48.9 Å². The third kappa shape index (κ3) is 4.31. The number of aliphatic hydroxyl groups excluding tert-OH is 1. The number of carbonyl (C=O) groups is 1. The predicted molar refractivity (Wildman–Crippen MR) is 112 cm³/mol. The summed E-state index contributed by atoms with van der Waals surface area (Å²) in [5.74, 6) is 1.02. The van der Waals surface area contributed by atoms with Crippen molar-refractivity contribution < 1.29 is 19.1 Å². The molecule has 0 spiro atoms. The Morgan fingerprint density at radius 3 is 2.68 bits per heavy atom. The van der Waals surface area contributed by atoms with E-state index >= 15 is 0 Å². The van der Waals surface area contributed by atoms with E-state index in [1.807, 2.05) is 24.5 Å². The molecule has 148 valence electrons. The minimum atomic E-state index is -0.402. The second-order valence-electron chi connectivity index (χ2n) is 6.52. The predicted octanol–water partition coefficient (Wildman–Crippen LogP) is 2.86. The Bertz CT molecular complexity index is 1050. The normalized spacial score (nSPS) is 12.2. The topological polar surface area (TPSA) is 88.8 Å². The lowest BCUT2D eigenvalue weighted by Crippen LogP contribution is -2.40. The molecule has 2 aromatic carbocycles. The van der Waals surface area contributed by atoms with Gasteiger partial charge in [0.05, 0.1) is 18.0 Å². The van der Waals surface area contributed by atoms with Gasteiger partial charge < -0.3 is 19.6 Å². The number of fused-ring (bicyclic) bond motifs is 3. The van der Waals surface area contributed by atoms with Crippen molar-refractivity contribution in [2.45, 2.75) is 19.4 Å². The van der Waals surface area contributed by atoms with Crippen LogP contribution in [0.2, 0.25) is 0 Å². The fourth-order valence-corrected chi connectivity index (χ4v) is 3.62. The molecule has 0 unspecified atom stereocenters. The summed E-state index contributed by atoms with van der Waals surface area (Å²) < 4.78 is 11.2. The molecule has 0 radical (unpaired) electrons. The van der Waals surface area contributed by atoms with Crippen molar-refractivity contribution >= 4 is 39.4 Å². The molecule has 2 N–H and O–H groups in total. The monoisotopic (exact) mass is 401 g/mol. The van der Waals surface area contributed by atoms with Crippen molar-refractivity contribution in [3.63, 3.8) is 0 Å². The Morgan fingerprint density at radius 2 is 1.96 bits per heavy atom. The molecular weight excluding hydrogens is 378 g/mol. The first kappa shape index (κ1) is 20.2. The third-order valence-electron chi connectivity index (χ3n) is 4.60. The fraction of sp³-hybridized carbons (Fsp3) is 0.333. The van der Waals surface area contributed by atoms with Crippen LogP contribution in [0.1, 0.15) is 12.0 Å². The number of hydrogen-bond acceptors (Lipinski definition) is 6. The van der Waals surface area contributed by atoms with Crippen molar-refractivity contribution in [2.75, 3.05) is 25.2 Å². The third-order valence-corrected chi connectivity index (χ3v) is 5.25. The second kappa shape index (κ2) is 9.12. The number of aryl methyl sites for hydroxylation is 1. The van der Waals surface area contributed by atoms with E-state index in [1.165, 1.54) is 0 Å². The summed E-state index contributed by atoms with van der Waals surface area (Å²) in [6.45, 7) is 1.50. The fourth-order valence-electron chi connectivity index (χ4n) is 3.10. The highest BCUT2D eigenvalue weighted by Crippen LogP contribution is 2.30. The van der Waals surface area contributed by atoms with E-state index in [0.29, 0.717) is 28.7 Å². The number of carbonyl (C=O) groups excluding carboxylic acids is 1. The van der Waals surface area contributed by atoms with E-state index in [4.69, 9.17) is 9.15 Å². The Morgan fingerprint density at radius 1 is 1.21 bits per heavy atom. The molecule has 1 amide bonds. The van der Waals surface area contributed by atoms with Crippen molar-refractivity contribution in [3.8, 4) is 5.75 Å². The SMILES string of the molecule is CSCC[C@@H](CO)NC(=O)COc1ccc2c(oc(=O)c3ccccc32)c1C. The van der Waals surface area contributed by atoms with Gasteiger partial charge in [-0.25, -0.2) is 4.79 Å². The summed E-state index contributed by atoms with van der Waals surface area (Å²) >= 11 is 1.66. The van der Waals surface area contributed by atoms with Gasteiger partial charge in [0, 0.05) is 10.9 Å². The first-order valence-electron chi connectivity index (χ1n) is 9.02. The highest BCUT2D eigenvalue weighted by molar-refractivity contribution is 7.98. The molecule has 0 aliphatic rings. The Labute approximate surface area is 166 Å². The van der Waals surface area contributed by atoms with Crippen LogP contribution in [0.4, 0.5) is 0 Å². The minimum Gasteiger partial charge on any atom is -0.483 e. The van der Waals surface area contributed by atoms with Gasteiger partial charge in [-0.15, -0.1) is 0 Å². The summed E-state index contributed by atoms with van der Waals surface area (Å²) in [6, 6.07) is 10.6. The van der Waals surface area contributed by atoms with E-state index in [0.717, 1.165) is 16.5 Å². The molecule has 0 aliphatic heterocycles. The lowest BCUT2D eigenvalue weighted by atomic mass is 10.0. The van der Waals surface area contributed by atoms with Crippen LogP contribution in [0, 0.1) is 6.92 Å². The summed E-state index contributed by atoms with van der Waals surface area (Å²) in [4.78, 5) is 24.4. The highest BCUT2D eigenvalue weighted by Gasteiger charge is 2.15. The highest BCUT2D eigenvalue weighted by atomic mass is 32.2. The van der Waals surface area contributed by atoms with Crippen LogP contribution in [0.5, 0.6) is 5.75 Å². The molecule has 0 fully saturated rings. The quantitative estimate of drug-likeness (QED) is 0.446. The van der Waals surface area contributed by atoms with E-state index in [2.05, 4.69) is 5.32 Å². The molecule has 0 saturated heterocycles. The van der Waals surface area contributed by atoms with Gasteiger partial charge in [0.1, 0.15) is 11.3 Å². The second-order valence-corrected chi connectivity index (χ2v) is 7.50. The largest absolute Gasteiger partial charge is 0.483 e. The standard InChI is InChI=1S/C21H23NO5S/c1-13-18(26-12-19(24)22-14(11-23)9-10-28-2)8-7-16-15-5-3-4-6-17(15)21(25)27-20(13)16/h3-8,14,23H,9-12H2,1-2H3,(H,22,24)/t14-/m0/s1. The summed E-state index contributed by atoms with van der Waals surface area (Å²) in [5.41, 5.74) is 0.713. The maximum Gasteiger partial charge on any atom is 0.344 e. The number of amides is 1. The van der Waals surface area contributed by atoms with Gasteiger partial charge >= 0.3 is 5.63 Å². The number of thioether (sulfide) groups is 1. The van der Waals surface area contributed by atoms with Gasteiger partial charge in [-0.3, -0.25) is 4.79 Å². The Balaban J connectivity index is 1.79. The molecule has 0 saturated carbocycles. The number of nitrogens with one attached hydrogen (secondary N) is 1. The van der Waals surface area contributed by atoms with Gasteiger partial charge in [-0.1, -0.05) is 18.2 Å². The van der Waals surface area contributed by atoms with Gasteiger partial charge in [0.15, 0.2) is 6.61 Å². The molecule has 1 aromatic heterocycles. The summed E-state index contributed by atoms with van der Waals surface area (Å²) in [7, 11) is 0. The molecular formula is C21H23NO5S. The first-order chi connectivity index (χ1) is 13.5. The minimum absolute atomic E-state index is 0.112. The zero-order valence-electron chi connectivity index (χ0n) is 15.9. The van der Waals surface area contributed by atoms with E-state index in [9.17, 15) is 14.7 Å². The summed E-state index contributed by atoms with van der Waals surface area (Å²) in [6.07, 6.45) is 2.67. The van der Waals surface area contributed by atoms with Gasteiger partial charge in [-0.2, -0.15) is 11.8 Å². The van der Waals surface area contributed by atoms with Crippen LogP contribution in [0.25, 0.3) is 21.7 Å². The zero-order chi connectivity index (χ0) is 20.1. The lowest BCUT2D eigenvalue weighted by molar-refractivity contribution is -0.124. The van der Waals surface area contributed by atoms with E-state index in [1.54, 1.807) is 36.9 Å². The molecule has 0 bridgehead atoms. The number of ether oxygens (including phenoxy) is 1. The zero-order valence-corrected chi connectivity index (χ0v) is 16.7. The maximum atomic E-state index is 12.3. The van der Waals surface area contributed by atoms with Crippen LogP contribution < -0.4 is 15.7 Å². The number of rotatable bonds is 8. The molecule has 3 rings (SSSR count). The molecule has 6 nitrogen and oxygen atoms in total. The van der Waals surface area contributed by atoms with Gasteiger partial charge in [0.2, 0.25) is 0 Å². The first-order valence-corrected chi connectivity index (χ1v) is 10.4. The van der Waals surface area contributed by atoms with E-state index in [-0.39, 0.29) is 25.2 Å². The van der Waals surface area contributed by atoms with Crippen LogP contribution in [0.15, 0.2) is 45.6 Å². The molecule has 28 heavy (non-hydrogen) atoms. The Kier molecular flexibility index (Phi) is 6.59. The average Bonchev–Trinajstić information content (AvgIpc) is 2.71.